The summed E-state index contributed by atoms with van der Waals surface area (Å²) in [5.41, 5.74) is 2.98. The number of benzene rings is 1. The zero-order chi connectivity index (χ0) is 20.5. The molecule has 2 rings (SSSR count). The standard InChI is InChI=1S/C8H8O3.C6H4Br.2C2H4O2.Pb/c1-11-7-5-3-2-4-6(7)8(9)10;7-6-4-2-1-3-5-6;2*1-2(3)4;/h2-5H,1H3,(H,9,10);2-5H;2*1H3,(H,3,4);/p-3. The van der Waals surface area contributed by atoms with Gasteiger partial charge in [-0.2, -0.15) is 0 Å². The third kappa shape index (κ3) is 22.1. The van der Waals surface area contributed by atoms with Crippen LogP contribution in [0.3, 0.4) is 0 Å². The molecule has 0 heterocycles. The van der Waals surface area contributed by atoms with Crippen LogP contribution >= 0.6 is 15.9 Å². The van der Waals surface area contributed by atoms with E-state index in [-0.39, 0.29) is 32.9 Å². The average Bonchev–Trinajstić information content (AvgIpc) is 2.55. The van der Waals surface area contributed by atoms with Crippen molar-refractivity contribution in [3.63, 3.8) is 0 Å². The first-order chi connectivity index (χ1) is 12.1. The van der Waals surface area contributed by atoms with E-state index in [9.17, 15) is 9.90 Å². The molecule has 0 bridgehead atoms. The van der Waals surface area contributed by atoms with Gasteiger partial charge in [0, 0.05) is 55.7 Å². The number of halogens is 1. The van der Waals surface area contributed by atoms with Gasteiger partial charge in [0.05, 0.1) is 13.1 Å². The molecule has 1 aliphatic rings. The Morgan fingerprint density at radius 2 is 1.48 bits per heavy atom. The van der Waals surface area contributed by atoms with Crippen molar-refractivity contribution >= 4 is 61.1 Å². The molecule has 145 valence electrons. The molecular formula is C18H17BrO7Pb-3. The molecule has 0 unspecified atom stereocenters. The summed E-state index contributed by atoms with van der Waals surface area (Å²) >= 11 is 3.29. The number of methoxy groups -OCH3 is 1. The second-order valence-corrected chi connectivity index (χ2v) is 5.10. The number of carboxylic acid groups (broad SMARTS) is 3. The van der Waals surface area contributed by atoms with Crippen molar-refractivity contribution in [1.82, 2.24) is 0 Å². The Hall–Kier alpha value is -1.91. The van der Waals surface area contributed by atoms with Crippen LogP contribution in [0.1, 0.15) is 24.2 Å². The number of aliphatic carboxylic acids is 2. The van der Waals surface area contributed by atoms with E-state index < -0.39 is 17.9 Å². The minimum Gasteiger partial charge on any atom is -0.550 e. The van der Waals surface area contributed by atoms with Crippen molar-refractivity contribution in [2.45, 2.75) is 13.8 Å². The molecule has 0 N–H and O–H groups in total. The van der Waals surface area contributed by atoms with Crippen LogP contribution in [0.25, 0.3) is 0 Å². The van der Waals surface area contributed by atoms with Crippen molar-refractivity contribution in [1.29, 1.82) is 0 Å². The van der Waals surface area contributed by atoms with E-state index >= 15 is 0 Å². The van der Waals surface area contributed by atoms with Crippen LogP contribution in [0, 0.1) is 6.42 Å². The van der Waals surface area contributed by atoms with Crippen LogP contribution in [0.4, 0.5) is 0 Å². The molecule has 0 atom stereocenters. The number of ether oxygens (including phenoxy) is 1. The minimum atomic E-state index is -1.22. The van der Waals surface area contributed by atoms with Gasteiger partial charge in [-0.15, -0.1) is 5.73 Å². The SMILES string of the molecule is BrC1=CC=C=C[CH]1.CC(=O)[O-].CC(=O)[O-].COc1ccccc1C(=O)[O-].[Pb]. The molecule has 0 saturated carbocycles. The van der Waals surface area contributed by atoms with E-state index in [1.165, 1.54) is 13.2 Å². The van der Waals surface area contributed by atoms with E-state index in [0.29, 0.717) is 5.75 Å². The molecule has 0 saturated heterocycles. The maximum Gasteiger partial charge on any atom is 0.127 e. The van der Waals surface area contributed by atoms with E-state index in [2.05, 4.69) is 21.7 Å². The largest absolute Gasteiger partial charge is 0.550 e. The van der Waals surface area contributed by atoms with Gasteiger partial charge < -0.3 is 34.4 Å². The summed E-state index contributed by atoms with van der Waals surface area (Å²) in [6, 6.07) is 6.33. The number of allylic oxidation sites excluding steroid dienone is 3. The second-order valence-electron chi connectivity index (χ2n) is 4.19. The Labute approximate surface area is 186 Å². The van der Waals surface area contributed by atoms with Crippen LogP contribution in [0.5, 0.6) is 5.75 Å². The summed E-state index contributed by atoms with van der Waals surface area (Å²) < 4.78 is 5.89. The number of carbonyl (C=O) groups is 3. The Kier molecular flexibility index (Phi) is 20.9. The molecule has 1 aromatic rings. The van der Waals surface area contributed by atoms with E-state index in [1.54, 1.807) is 18.2 Å². The first kappa shape index (κ1) is 29.8. The van der Waals surface area contributed by atoms with Gasteiger partial charge in [0.2, 0.25) is 0 Å². The Morgan fingerprint density at radius 3 is 1.74 bits per heavy atom. The molecule has 1 aromatic carbocycles. The molecule has 0 amide bonds. The maximum atomic E-state index is 10.4. The Morgan fingerprint density at radius 1 is 1.00 bits per heavy atom. The van der Waals surface area contributed by atoms with Gasteiger partial charge in [-0.05, 0) is 44.2 Å². The fraction of sp³-hybridized carbons (Fsp3) is 0.167. The normalized spacial score (nSPS) is 10.0. The zero-order valence-corrected chi connectivity index (χ0v) is 20.3. The van der Waals surface area contributed by atoms with Crippen LogP contribution in [0.2, 0.25) is 0 Å². The molecule has 7 nitrogen and oxygen atoms in total. The van der Waals surface area contributed by atoms with Gasteiger partial charge in [0.15, 0.2) is 0 Å². The van der Waals surface area contributed by atoms with E-state index in [0.717, 1.165) is 18.3 Å². The molecule has 0 aromatic heterocycles. The van der Waals surface area contributed by atoms with Crippen molar-refractivity contribution in [2.24, 2.45) is 0 Å². The first-order valence-corrected chi connectivity index (χ1v) is 7.72. The van der Waals surface area contributed by atoms with Gasteiger partial charge in [0.25, 0.3) is 0 Å². The number of carbonyl (C=O) groups excluding carboxylic acids is 3. The molecule has 1 aliphatic carbocycles. The van der Waals surface area contributed by atoms with Crippen molar-refractivity contribution in [2.75, 3.05) is 7.11 Å². The van der Waals surface area contributed by atoms with E-state index in [4.69, 9.17) is 24.5 Å². The van der Waals surface area contributed by atoms with Gasteiger partial charge in [0.1, 0.15) is 5.75 Å². The van der Waals surface area contributed by atoms with Crippen molar-refractivity contribution in [3.8, 4) is 5.75 Å². The zero-order valence-electron chi connectivity index (χ0n) is 14.9. The van der Waals surface area contributed by atoms with Crippen LogP contribution < -0.4 is 20.1 Å². The molecule has 0 aliphatic heterocycles. The number of aromatic carboxylic acids is 1. The third-order valence-corrected chi connectivity index (χ3v) is 2.53. The summed E-state index contributed by atoms with van der Waals surface area (Å²) in [5.74, 6) is -3.06. The summed E-state index contributed by atoms with van der Waals surface area (Å²) in [6.45, 7) is 1.94. The fourth-order valence-electron chi connectivity index (χ4n) is 1.18. The van der Waals surface area contributed by atoms with Gasteiger partial charge in [-0.25, -0.2) is 0 Å². The minimum absolute atomic E-state index is 0. The van der Waals surface area contributed by atoms with Crippen LogP contribution in [-0.4, -0.2) is 52.3 Å². The molecule has 5 radical (unpaired) electrons. The summed E-state index contributed by atoms with van der Waals surface area (Å²) in [7, 11) is 1.42. The Balaban J connectivity index is -0.000000312. The number of carboxylic acids is 3. The quantitative estimate of drug-likeness (QED) is 0.314. The monoisotopic (exact) mass is 632 g/mol. The predicted octanol–water partition coefficient (Wildman–Crippen LogP) is -0.615. The molecular weight excluding hydrogens is 615 g/mol. The Bertz CT molecular complexity index is 673. The summed E-state index contributed by atoms with van der Waals surface area (Å²) in [5, 5.41) is 28.2. The van der Waals surface area contributed by atoms with Crippen LogP contribution in [-0.2, 0) is 9.59 Å². The topological polar surface area (TPSA) is 130 Å². The average molecular weight is 632 g/mol. The summed E-state index contributed by atoms with van der Waals surface area (Å²) in [4.78, 5) is 28.2. The molecule has 0 spiro atoms. The van der Waals surface area contributed by atoms with Gasteiger partial charge in [-0.3, -0.25) is 0 Å². The number of hydrogen-bond donors (Lipinski definition) is 0. The van der Waals surface area contributed by atoms with Gasteiger partial charge in [-0.1, -0.05) is 28.1 Å². The fourth-order valence-corrected chi connectivity index (χ4v) is 1.44. The predicted molar refractivity (Wildman–Crippen MR) is 98.4 cm³/mol. The maximum absolute atomic E-state index is 10.4. The third-order valence-electron chi connectivity index (χ3n) is 2.00. The smallest absolute Gasteiger partial charge is 0.127 e. The van der Waals surface area contributed by atoms with E-state index in [1.807, 2.05) is 24.6 Å². The molecule has 9 heteroatoms. The first-order valence-electron chi connectivity index (χ1n) is 6.92. The van der Waals surface area contributed by atoms with Gasteiger partial charge >= 0.3 is 0 Å². The number of hydrogen-bond acceptors (Lipinski definition) is 7. The van der Waals surface area contributed by atoms with Crippen molar-refractivity contribution in [3.05, 3.63) is 64.7 Å². The molecule has 27 heavy (non-hydrogen) atoms. The molecule has 0 fully saturated rings. The summed E-state index contributed by atoms with van der Waals surface area (Å²) in [6.07, 6.45) is 7.62. The van der Waals surface area contributed by atoms with Crippen LogP contribution in [0.15, 0.2) is 52.7 Å². The number of rotatable bonds is 2. The number of para-hydroxylation sites is 1. The van der Waals surface area contributed by atoms with Crippen molar-refractivity contribution < 1.29 is 34.4 Å². The second kappa shape index (κ2) is 18.9.